The minimum Gasteiger partial charge on any atom is -0.310 e. The first-order valence-electron chi connectivity index (χ1n) is 25.5. The van der Waals surface area contributed by atoms with Crippen molar-refractivity contribution < 1.29 is 0 Å². The Morgan fingerprint density at radius 2 is 0.712 bits per heavy atom. The minimum atomic E-state index is -0.191. The number of fused-ring (bicyclic) bond motifs is 6. The maximum atomic E-state index is 2.44. The van der Waals surface area contributed by atoms with E-state index in [1.807, 2.05) is 0 Å². The van der Waals surface area contributed by atoms with Crippen LogP contribution in [0.4, 0.5) is 17.1 Å². The number of nitrogens with zero attached hydrogens (tertiary/aromatic N) is 2. The van der Waals surface area contributed by atoms with Crippen molar-refractivity contribution in [1.29, 1.82) is 0 Å². The molecule has 1 aliphatic carbocycles. The number of aryl methyl sites for hydroxylation is 2. The van der Waals surface area contributed by atoms with Gasteiger partial charge in [-0.15, -0.1) is 0 Å². The summed E-state index contributed by atoms with van der Waals surface area (Å²) in [6.45, 7) is 9.25. The number of benzene rings is 11. The molecule has 0 radical (unpaired) electrons. The average molecular weight is 935 g/mol. The van der Waals surface area contributed by atoms with Crippen molar-refractivity contribution in [1.82, 2.24) is 4.57 Å². The molecule has 0 spiro atoms. The van der Waals surface area contributed by atoms with Crippen molar-refractivity contribution in [3.05, 3.63) is 277 Å². The summed E-state index contributed by atoms with van der Waals surface area (Å²) in [6.07, 6.45) is 0. The van der Waals surface area contributed by atoms with Gasteiger partial charge in [0.1, 0.15) is 0 Å². The molecule has 0 saturated heterocycles. The van der Waals surface area contributed by atoms with Gasteiger partial charge in [-0.05, 0) is 176 Å². The molecule has 1 aliphatic rings. The van der Waals surface area contributed by atoms with E-state index in [0.29, 0.717) is 0 Å². The second-order valence-corrected chi connectivity index (χ2v) is 20.3. The van der Waals surface area contributed by atoms with Gasteiger partial charge in [0.05, 0.1) is 11.0 Å². The highest BCUT2D eigenvalue weighted by atomic mass is 15.1. The largest absolute Gasteiger partial charge is 0.310 e. The molecule has 73 heavy (non-hydrogen) atoms. The molecule has 0 unspecified atom stereocenters. The molecule has 0 aliphatic heterocycles. The Hall–Kier alpha value is -8.98. The monoisotopic (exact) mass is 934 g/mol. The highest BCUT2D eigenvalue weighted by Gasteiger charge is 2.36. The van der Waals surface area contributed by atoms with Gasteiger partial charge >= 0.3 is 0 Å². The maximum absolute atomic E-state index is 2.44. The first-order valence-corrected chi connectivity index (χ1v) is 25.5. The quantitative estimate of drug-likeness (QED) is 0.140. The second-order valence-electron chi connectivity index (χ2n) is 20.3. The number of hydrogen-bond acceptors (Lipinski definition) is 1. The van der Waals surface area contributed by atoms with Gasteiger partial charge in [0.15, 0.2) is 0 Å². The zero-order valence-electron chi connectivity index (χ0n) is 41.6. The SMILES string of the molecule is Cc1cc(-c2ccccc2)ccc1-c1ccc(N(c2ccc(-c3ccc(-c4ccc5c(c4)c4ccccc4n5-c4ccccc4)cc3)cc2)c2ccc3c(c2)C(C)(C)c2cc(-c4ccccc4)ccc2-3)cc1C. The Balaban J connectivity index is 0.852. The van der Waals surface area contributed by atoms with Gasteiger partial charge in [0.2, 0.25) is 0 Å². The van der Waals surface area contributed by atoms with E-state index in [9.17, 15) is 0 Å². The van der Waals surface area contributed by atoms with Crippen LogP contribution in [0.2, 0.25) is 0 Å². The lowest BCUT2D eigenvalue weighted by Gasteiger charge is -2.29. The normalized spacial score (nSPS) is 12.5. The number of aromatic nitrogens is 1. The summed E-state index contributed by atoms with van der Waals surface area (Å²) < 4.78 is 2.37. The Morgan fingerprint density at radius 1 is 0.301 bits per heavy atom. The number of hydrogen-bond donors (Lipinski definition) is 0. The fraction of sp³-hybridized carbons (Fsp3) is 0.0704. The molecule has 1 aromatic heterocycles. The Labute approximate surface area is 428 Å². The molecule has 0 bridgehead atoms. The van der Waals surface area contributed by atoms with Crippen LogP contribution >= 0.6 is 0 Å². The van der Waals surface area contributed by atoms with Crippen molar-refractivity contribution in [3.63, 3.8) is 0 Å². The topological polar surface area (TPSA) is 8.17 Å². The molecule has 0 amide bonds. The van der Waals surface area contributed by atoms with E-state index in [2.05, 4.69) is 292 Å². The van der Waals surface area contributed by atoms with E-state index in [0.717, 1.165) is 17.1 Å². The maximum Gasteiger partial charge on any atom is 0.0541 e. The van der Waals surface area contributed by atoms with E-state index in [1.54, 1.807) is 0 Å². The fourth-order valence-electron chi connectivity index (χ4n) is 11.7. The predicted molar refractivity (Wildman–Crippen MR) is 310 cm³/mol. The average Bonchev–Trinajstić information content (AvgIpc) is 3.89. The summed E-state index contributed by atoms with van der Waals surface area (Å²) in [5, 5.41) is 2.52. The van der Waals surface area contributed by atoms with Crippen molar-refractivity contribution in [2.24, 2.45) is 0 Å². The Bertz CT molecular complexity index is 4030. The Morgan fingerprint density at radius 3 is 1.34 bits per heavy atom. The molecule has 348 valence electrons. The third-order valence-corrected chi connectivity index (χ3v) is 15.5. The molecule has 0 N–H and O–H groups in total. The van der Waals surface area contributed by atoms with Crippen LogP contribution in [0.15, 0.2) is 255 Å². The van der Waals surface area contributed by atoms with E-state index >= 15 is 0 Å². The van der Waals surface area contributed by atoms with Crippen LogP contribution in [0.25, 0.3) is 94.3 Å². The number of para-hydroxylation sites is 2. The van der Waals surface area contributed by atoms with Gasteiger partial charge in [-0.25, -0.2) is 0 Å². The van der Waals surface area contributed by atoms with Crippen LogP contribution in [0, 0.1) is 13.8 Å². The lowest BCUT2D eigenvalue weighted by atomic mass is 9.81. The number of anilines is 3. The van der Waals surface area contributed by atoms with Crippen molar-refractivity contribution in [2.45, 2.75) is 33.1 Å². The van der Waals surface area contributed by atoms with Crippen LogP contribution in [0.5, 0.6) is 0 Å². The third kappa shape index (κ3) is 7.66. The van der Waals surface area contributed by atoms with Crippen LogP contribution in [-0.2, 0) is 5.41 Å². The van der Waals surface area contributed by atoms with E-state index in [1.165, 1.54) is 117 Å². The molecular formula is C71H54N2. The molecular weight excluding hydrogens is 881 g/mol. The van der Waals surface area contributed by atoms with Crippen molar-refractivity contribution in [3.8, 4) is 72.4 Å². The van der Waals surface area contributed by atoms with Gasteiger partial charge in [0.25, 0.3) is 0 Å². The molecule has 0 saturated carbocycles. The van der Waals surface area contributed by atoms with Crippen LogP contribution < -0.4 is 4.90 Å². The van der Waals surface area contributed by atoms with Gasteiger partial charge in [-0.1, -0.05) is 196 Å². The molecule has 11 aromatic carbocycles. The molecule has 2 heteroatoms. The highest BCUT2D eigenvalue weighted by molar-refractivity contribution is 6.10. The highest BCUT2D eigenvalue weighted by Crippen LogP contribution is 2.52. The summed E-state index contributed by atoms with van der Waals surface area (Å²) in [4.78, 5) is 2.44. The fourth-order valence-corrected chi connectivity index (χ4v) is 11.7. The summed E-state index contributed by atoms with van der Waals surface area (Å²) in [5.74, 6) is 0. The van der Waals surface area contributed by atoms with E-state index in [-0.39, 0.29) is 5.41 Å². The summed E-state index contributed by atoms with van der Waals surface area (Å²) in [7, 11) is 0. The van der Waals surface area contributed by atoms with Crippen LogP contribution in [0.1, 0.15) is 36.1 Å². The number of rotatable bonds is 9. The third-order valence-electron chi connectivity index (χ3n) is 15.5. The first-order chi connectivity index (χ1) is 35.8. The summed E-state index contributed by atoms with van der Waals surface area (Å²) in [6, 6.07) is 93.8. The van der Waals surface area contributed by atoms with Crippen LogP contribution in [-0.4, -0.2) is 4.57 Å². The molecule has 0 fully saturated rings. The smallest absolute Gasteiger partial charge is 0.0541 e. The lowest BCUT2D eigenvalue weighted by molar-refractivity contribution is 0.660. The zero-order chi connectivity index (χ0) is 49.2. The predicted octanol–water partition coefficient (Wildman–Crippen LogP) is 19.5. The Kier molecular flexibility index (Phi) is 10.7. The van der Waals surface area contributed by atoms with Gasteiger partial charge in [-0.3, -0.25) is 0 Å². The second kappa shape index (κ2) is 17.7. The molecule has 0 atom stereocenters. The van der Waals surface area contributed by atoms with Gasteiger partial charge < -0.3 is 9.47 Å². The van der Waals surface area contributed by atoms with E-state index in [4.69, 9.17) is 0 Å². The molecule has 13 rings (SSSR count). The van der Waals surface area contributed by atoms with Crippen LogP contribution in [0.3, 0.4) is 0 Å². The molecule has 2 nitrogen and oxygen atoms in total. The lowest BCUT2D eigenvalue weighted by Crippen LogP contribution is -2.16. The minimum absolute atomic E-state index is 0.191. The van der Waals surface area contributed by atoms with Gasteiger partial charge in [-0.2, -0.15) is 0 Å². The van der Waals surface area contributed by atoms with Crippen molar-refractivity contribution in [2.75, 3.05) is 4.90 Å². The van der Waals surface area contributed by atoms with E-state index < -0.39 is 0 Å². The summed E-state index contributed by atoms with van der Waals surface area (Å²) in [5.41, 5.74) is 26.9. The molecule has 1 heterocycles. The molecule has 12 aromatic rings. The van der Waals surface area contributed by atoms with Gasteiger partial charge in [0, 0.05) is 38.9 Å². The first kappa shape index (κ1) is 44.0. The standard InChI is InChI=1S/C71H54N2/c1-47-42-54(49-16-8-5-9-17-49)30-37-61(47)62-39-35-59(43-48(62)2)72(60-36-40-64-63-38-31-56(50-18-10-6-11-19-50)45-67(63)71(3,4)68(64)46-60)58-33-28-52(29-34-58)51-24-26-53(27-25-51)55-32-41-70-66(44-55)65-22-14-15-23-69(65)73(70)57-20-12-7-13-21-57/h5-46H,1-4H3. The van der Waals surface area contributed by atoms with Crippen molar-refractivity contribution >= 4 is 38.9 Å². The zero-order valence-corrected chi connectivity index (χ0v) is 41.6. The summed E-state index contributed by atoms with van der Waals surface area (Å²) >= 11 is 0.